The third-order valence-corrected chi connectivity index (χ3v) is 5.03. The Hall–Kier alpha value is -1.66. The van der Waals surface area contributed by atoms with E-state index in [0.717, 1.165) is 51.0 Å². The van der Waals surface area contributed by atoms with Crippen molar-refractivity contribution < 1.29 is 9.47 Å². The zero-order valence-corrected chi connectivity index (χ0v) is 15.8. The molecule has 2 aliphatic rings. The Kier molecular flexibility index (Phi) is 4.78. The van der Waals surface area contributed by atoms with E-state index in [1.54, 1.807) is 14.2 Å². The third-order valence-electron chi connectivity index (χ3n) is 5.03. The number of hydrogen-bond acceptors (Lipinski definition) is 6. The third kappa shape index (κ3) is 2.58. The maximum Gasteiger partial charge on any atom is 0.149 e. The molecule has 0 fully saturated rings. The van der Waals surface area contributed by atoms with Crippen LogP contribution in [0, 0.1) is 0 Å². The molecule has 0 radical (unpaired) electrons. The molecule has 0 aliphatic carbocycles. The Morgan fingerprint density at radius 1 is 0.750 bits per heavy atom. The number of benzene rings is 1. The van der Waals surface area contributed by atoms with Crippen molar-refractivity contribution in [2.75, 3.05) is 64.5 Å². The maximum atomic E-state index is 5.95. The first-order chi connectivity index (χ1) is 11.5. The van der Waals surface area contributed by atoms with Crippen molar-refractivity contribution in [3.8, 4) is 11.5 Å². The molecule has 2 heterocycles. The van der Waals surface area contributed by atoms with Crippen LogP contribution in [-0.4, -0.2) is 64.5 Å². The van der Waals surface area contributed by atoms with Crippen LogP contribution in [0.3, 0.4) is 0 Å². The van der Waals surface area contributed by atoms with Gasteiger partial charge in [-0.25, -0.2) is 0 Å². The van der Waals surface area contributed by atoms with Gasteiger partial charge >= 0.3 is 0 Å². The lowest BCUT2D eigenvalue weighted by Gasteiger charge is -2.43. The van der Waals surface area contributed by atoms with Crippen molar-refractivity contribution in [2.24, 2.45) is 0 Å². The van der Waals surface area contributed by atoms with E-state index < -0.39 is 0 Å². The first kappa shape index (κ1) is 17.2. The van der Waals surface area contributed by atoms with Crippen LogP contribution in [0.1, 0.15) is 25.0 Å². The van der Waals surface area contributed by atoms with E-state index in [1.165, 1.54) is 22.5 Å². The summed E-state index contributed by atoms with van der Waals surface area (Å²) >= 11 is 0. The smallest absolute Gasteiger partial charge is 0.149 e. The summed E-state index contributed by atoms with van der Waals surface area (Å²) in [5.41, 5.74) is 4.90. The van der Waals surface area contributed by atoms with Crippen molar-refractivity contribution in [1.82, 2.24) is 9.80 Å². The number of fused-ring (bicyclic) bond motifs is 2. The van der Waals surface area contributed by atoms with Crippen LogP contribution in [0.15, 0.2) is 0 Å². The van der Waals surface area contributed by atoms with Crippen molar-refractivity contribution in [2.45, 2.75) is 26.9 Å². The lowest BCUT2D eigenvalue weighted by atomic mass is 9.97. The zero-order valence-electron chi connectivity index (χ0n) is 15.8. The van der Waals surface area contributed by atoms with Crippen LogP contribution in [0.25, 0.3) is 0 Å². The summed E-state index contributed by atoms with van der Waals surface area (Å²) in [6.07, 6.45) is 0. The van der Waals surface area contributed by atoms with Crippen LogP contribution in [-0.2, 0) is 13.1 Å². The molecule has 0 bridgehead atoms. The van der Waals surface area contributed by atoms with Gasteiger partial charge in [-0.3, -0.25) is 9.80 Å². The fourth-order valence-corrected chi connectivity index (χ4v) is 4.06. The fraction of sp³-hybridized carbons (Fsp3) is 0.667. The molecule has 134 valence electrons. The number of hydrogen-bond donors (Lipinski definition) is 0. The predicted octanol–water partition coefficient (Wildman–Crippen LogP) is 2.16. The van der Waals surface area contributed by atoms with Crippen molar-refractivity contribution >= 4 is 11.4 Å². The van der Waals surface area contributed by atoms with Crippen LogP contribution in [0.2, 0.25) is 0 Å². The molecule has 1 aromatic rings. The van der Waals surface area contributed by atoms with Gasteiger partial charge in [-0.15, -0.1) is 0 Å². The van der Waals surface area contributed by atoms with E-state index in [-0.39, 0.29) is 0 Å². The summed E-state index contributed by atoms with van der Waals surface area (Å²) in [5.74, 6) is 2.03. The van der Waals surface area contributed by atoms with Gasteiger partial charge in [0.2, 0.25) is 0 Å². The number of nitrogens with zero attached hydrogens (tertiary/aromatic N) is 4. The second-order valence-corrected chi connectivity index (χ2v) is 6.74. The van der Waals surface area contributed by atoms with Gasteiger partial charge < -0.3 is 19.3 Å². The summed E-state index contributed by atoms with van der Waals surface area (Å²) < 4.78 is 11.9. The molecule has 0 unspecified atom stereocenters. The molecule has 1 aromatic carbocycles. The first-order valence-corrected chi connectivity index (χ1v) is 8.72. The lowest BCUT2D eigenvalue weighted by Crippen LogP contribution is -2.43. The highest BCUT2D eigenvalue weighted by Gasteiger charge is 2.35. The average Bonchev–Trinajstić information content (AvgIpc) is 2.58. The highest BCUT2D eigenvalue weighted by Crippen LogP contribution is 2.52. The van der Waals surface area contributed by atoms with Crippen molar-refractivity contribution in [3.63, 3.8) is 0 Å². The number of ether oxygens (including phenoxy) is 2. The molecule has 0 N–H and O–H groups in total. The molecular weight excluding hydrogens is 304 g/mol. The van der Waals surface area contributed by atoms with E-state index in [1.807, 2.05) is 0 Å². The summed E-state index contributed by atoms with van der Waals surface area (Å²) in [4.78, 5) is 9.41. The summed E-state index contributed by atoms with van der Waals surface area (Å²) in [6.45, 7) is 9.87. The molecule has 0 spiro atoms. The van der Waals surface area contributed by atoms with Crippen molar-refractivity contribution in [3.05, 3.63) is 11.1 Å². The Bertz CT molecular complexity index is 566. The minimum atomic E-state index is 0.881. The molecule has 2 aliphatic heterocycles. The number of rotatable bonds is 4. The van der Waals surface area contributed by atoms with Gasteiger partial charge in [0.25, 0.3) is 0 Å². The van der Waals surface area contributed by atoms with Gasteiger partial charge in [0.05, 0.1) is 38.9 Å². The Morgan fingerprint density at radius 2 is 1.12 bits per heavy atom. The normalized spacial score (nSPS) is 18.4. The molecular formula is C18H30N4O2. The lowest BCUT2D eigenvalue weighted by molar-refractivity contribution is 0.280. The average molecular weight is 334 g/mol. The molecule has 0 aromatic heterocycles. The van der Waals surface area contributed by atoms with Crippen LogP contribution in [0.5, 0.6) is 11.5 Å². The van der Waals surface area contributed by atoms with E-state index >= 15 is 0 Å². The highest BCUT2D eigenvalue weighted by atomic mass is 16.5. The number of anilines is 2. The van der Waals surface area contributed by atoms with Gasteiger partial charge in [-0.1, -0.05) is 0 Å². The van der Waals surface area contributed by atoms with Crippen LogP contribution < -0.4 is 19.3 Å². The van der Waals surface area contributed by atoms with Gasteiger partial charge in [0.1, 0.15) is 11.5 Å². The Morgan fingerprint density at radius 3 is 1.42 bits per heavy atom. The van der Waals surface area contributed by atoms with Gasteiger partial charge in [-0.2, -0.15) is 0 Å². The summed E-state index contributed by atoms with van der Waals surface area (Å²) in [7, 11) is 7.89. The second-order valence-electron chi connectivity index (χ2n) is 6.74. The second kappa shape index (κ2) is 6.69. The predicted molar refractivity (Wildman–Crippen MR) is 98.3 cm³/mol. The van der Waals surface area contributed by atoms with E-state index in [9.17, 15) is 0 Å². The summed E-state index contributed by atoms with van der Waals surface area (Å²) in [5, 5.41) is 0. The zero-order chi connectivity index (χ0) is 17.4. The monoisotopic (exact) mass is 334 g/mol. The molecule has 0 saturated carbocycles. The quantitative estimate of drug-likeness (QED) is 0.839. The van der Waals surface area contributed by atoms with Crippen molar-refractivity contribution in [1.29, 1.82) is 0 Å². The minimum Gasteiger partial charge on any atom is -0.494 e. The topological polar surface area (TPSA) is 31.4 Å². The largest absolute Gasteiger partial charge is 0.494 e. The van der Waals surface area contributed by atoms with Crippen LogP contribution >= 0.6 is 0 Å². The van der Waals surface area contributed by atoms with Gasteiger partial charge in [0, 0.05) is 37.3 Å². The van der Waals surface area contributed by atoms with Gasteiger partial charge in [-0.05, 0) is 27.9 Å². The standard InChI is InChI=1S/C18H30N4O2/c1-7-21-11-19(3)9-13-15(21)17(23-5)14-10-20(4)12-22(8-2)16(14)18(13)24-6/h7-12H2,1-6H3. The molecule has 3 rings (SSSR count). The van der Waals surface area contributed by atoms with E-state index in [4.69, 9.17) is 9.47 Å². The minimum absolute atomic E-state index is 0.881. The molecule has 24 heavy (non-hydrogen) atoms. The SMILES string of the molecule is CCN1CN(C)Cc2c(OC)c3c(c(OC)c21)CN(C)CN3CC. The Balaban J connectivity index is 2.31. The molecule has 0 saturated heterocycles. The van der Waals surface area contributed by atoms with Crippen LogP contribution in [0.4, 0.5) is 11.4 Å². The van der Waals surface area contributed by atoms with Gasteiger partial charge in [0.15, 0.2) is 0 Å². The summed E-state index contributed by atoms with van der Waals surface area (Å²) in [6, 6.07) is 0. The maximum absolute atomic E-state index is 5.95. The molecule has 0 amide bonds. The Labute approximate surface area is 145 Å². The number of methoxy groups -OCH3 is 2. The highest BCUT2D eigenvalue weighted by molar-refractivity contribution is 5.83. The fourth-order valence-electron chi connectivity index (χ4n) is 4.06. The first-order valence-electron chi connectivity index (χ1n) is 8.72. The molecule has 0 atom stereocenters. The van der Waals surface area contributed by atoms with E-state index in [0.29, 0.717) is 0 Å². The van der Waals surface area contributed by atoms with E-state index in [2.05, 4.69) is 47.5 Å². The molecule has 6 nitrogen and oxygen atoms in total. The molecule has 6 heteroatoms.